The lowest BCUT2D eigenvalue weighted by atomic mass is 10.1. The average molecular weight is 414 g/mol. The number of rotatable bonds is 13. The van der Waals surface area contributed by atoms with Crippen molar-refractivity contribution in [1.29, 1.82) is 0 Å². The topological polar surface area (TPSA) is 87.1 Å². The number of benzene rings is 1. The first-order valence-corrected chi connectivity index (χ1v) is 10.7. The van der Waals surface area contributed by atoms with Crippen molar-refractivity contribution in [2.75, 3.05) is 18.9 Å². The molecule has 6 nitrogen and oxygen atoms in total. The standard InChI is InChI=1S/C20H28FNO5S/c21-15-7-9-17(10-8-15)27-13-16(23)11-12-22-18(24)14-28-19(22)5-3-1-2-4-6-20(25)26/h7-10,16,19,23H,1-6,11-14H2,(H,25,26). The van der Waals surface area contributed by atoms with Crippen molar-refractivity contribution in [3.05, 3.63) is 30.1 Å². The number of carboxylic acid groups (broad SMARTS) is 1. The van der Waals surface area contributed by atoms with Crippen molar-refractivity contribution >= 4 is 23.6 Å². The molecule has 1 aliphatic heterocycles. The first-order valence-electron chi connectivity index (χ1n) is 9.65. The van der Waals surface area contributed by atoms with E-state index in [1.165, 1.54) is 24.3 Å². The number of amides is 1. The maximum absolute atomic E-state index is 12.9. The van der Waals surface area contributed by atoms with Gasteiger partial charge >= 0.3 is 5.97 Å². The fraction of sp³-hybridized carbons (Fsp3) is 0.600. The van der Waals surface area contributed by atoms with Gasteiger partial charge in [-0.2, -0.15) is 0 Å². The van der Waals surface area contributed by atoms with Gasteiger partial charge in [-0.3, -0.25) is 9.59 Å². The Labute approximate surface area is 169 Å². The first-order chi connectivity index (χ1) is 13.5. The Balaban J connectivity index is 1.65. The van der Waals surface area contributed by atoms with Crippen molar-refractivity contribution in [3.63, 3.8) is 0 Å². The minimum Gasteiger partial charge on any atom is -0.491 e. The molecule has 0 aromatic heterocycles. The highest BCUT2D eigenvalue weighted by molar-refractivity contribution is 8.00. The summed E-state index contributed by atoms with van der Waals surface area (Å²) in [5, 5.41) is 18.9. The second-order valence-electron chi connectivity index (χ2n) is 6.91. The number of thioether (sulfide) groups is 1. The molecule has 2 unspecified atom stereocenters. The summed E-state index contributed by atoms with van der Waals surface area (Å²) in [5.41, 5.74) is 0. The van der Waals surface area contributed by atoms with Crippen LogP contribution in [-0.4, -0.2) is 57.4 Å². The van der Waals surface area contributed by atoms with E-state index in [0.29, 0.717) is 30.9 Å². The number of hydrogen-bond donors (Lipinski definition) is 2. The van der Waals surface area contributed by atoms with Crippen molar-refractivity contribution in [1.82, 2.24) is 4.90 Å². The second kappa shape index (κ2) is 11.9. The SMILES string of the molecule is O=C(O)CCCCCCC1SCC(=O)N1CCC(O)COc1ccc(F)cc1. The molecule has 1 aromatic rings. The first kappa shape index (κ1) is 22.5. The van der Waals surface area contributed by atoms with Crippen LogP contribution in [0.25, 0.3) is 0 Å². The number of halogens is 1. The van der Waals surface area contributed by atoms with Crippen LogP contribution in [0.15, 0.2) is 24.3 Å². The van der Waals surface area contributed by atoms with Crippen LogP contribution >= 0.6 is 11.8 Å². The summed E-state index contributed by atoms with van der Waals surface area (Å²) in [6.45, 7) is 0.568. The zero-order valence-corrected chi connectivity index (χ0v) is 16.7. The van der Waals surface area contributed by atoms with E-state index in [0.717, 1.165) is 25.7 Å². The number of carbonyl (C=O) groups excluding carboxylic acids is 1. The monoisotopic (exact) mass is 413 g/mol. The third-order valence-electron chi connectivity index (χ3n) is 4.62. The molecular weight excluding hydrogens is 385 g/mol. The highest BCUT2D eigenvalue weighted by Crippen LogP contribution is 2.29. The highest BCUT2D eigenvalue weighted by atomic mass is 32.2. The Hall–Kier alpha value is -1.80. The zero-order valence-electron chi connectivity index (χ0n) is 15.9. The van der Waals surface area contributed by atoms with Crippen LogP contribution in [0.1, 0.15) is 44.9 Å². The quantitative estimate of drug-likeness (QED) is 0.483. The third kappa shape index (κ3) is 8.06. The van der Waals surface area contributed by atoms with Crippen molar-refractivity contribution in [2.45, 2.75) is 56.4 Å². The van der Waals surface area contributed by atoms with Gasteiger partial charge in [0.15, 0.2) is 0 Å². The molecule has 0 aliphatic carbocycles. The molecule has 0 radical (unpaired) electrons. The van der Waals surface area contributed by atoms with E-state index in [9.17, 15) is 19.1 Å². The van der Waals surface area contributed by atoms with Gasteiger partial charge < -0.3 is 19.8 Å². The van der Waals surface area contributed by atoms with Crippen LogP contribution in [-0.2, 0) is 9.59 Å². The molecule has 0 saturated carbocycles. The number of hydrogen-bond acceptors (Lipinski definition) is 5. The molecule has 0 bridgehead atoms. The molecule has 1 aromatic carbocycles. The summed E-state index contributed by atoms with van der Waals surface area (Å²) in [4.78, 5) is 24.4. The molecule has 1 amide bonds. The van der Waals surface area contributed by atoms with Crippen LogP contribution < -0.4 is 4.74 Å². The summed E-state index contributed by atoms with van der Waals surface area (Å²) in [6.07, 6.45) is 4.29. The third-order valence-corrected chi connectivity index (χ3v) is 5.91. The van der Waals surface area contributed by atoms with E-state index in [-0.39, 0.29) is 30.1 Å². The van der Waals surface area contributed by atoms with Crippen molar-refractivity contribution in [2.24, 2.45) is 0 Å². The van der Waals surface area contributed by atoms with E-state index in [1.807, 2.05) is 4.90 Å². The number of aliphatic hydroxyl groups is 1. The van der Waals surface area contributed by atoms with Gasteiger partial charge in [-0.15, -0.1) is 11.8 Å². The maximum atomic E-state index is 12.9. The molecule has 1 fully saturated rings. The maximum Gasteiger partial charge on any atom is 0.303 e. The summed E-state index contributed by atoms with van der Waals surface area (Å²) in [6, 6.07) is 5.62. The molecule has 2 atom stereocenters. The molecule has 2 N–H and O–H groups in total. The molecule has 156 valence electrons. The number of unbranched alkanes of at least 4 members (excludes halogenated alkanes) is 3. The van der Waals surface area contributed by atoms with E-state index in [1.54, 1.807) is 11.8 Å². The Morgan fingerprint density at radius 3 is 2.68 bits per heavy atom. The molecule has 2 rings (SSSR count). The Morgan fingerprint density at radius 1 is 1.25 bits per heavy atom. The number of aliphatic hydroxyl groups excluding tert-OH is 1. The number of aliphatic carboxylic acids is 1. The van der Waals surface area contributed by atoms with Gasteiger partial charge in [0.25, 0.3) is 0 Å². The molecule has 28 heavy (non-hydrogen) atoms. The zero-order chi connectivity index (χ0) is 20.4. The van der Waals surface area contributed by atoms with E-state index in [2.05, 4.69) is 0 Å². The van der Waals surface area contributed by atoms with Crippen LogP contribution in [0.3, 0.4) is 0 Å². The molecule has 1 heterocycles. The van der Waals surface area contributed by atoms with Crippen LogP contribution in [0.4, 0.5) is 4.39 Å². The van der Waals surface area contributed by atoms with Crippen molar-refractivity contribution in [3.8, 4) is 5.75 Å². The molecular formula is C20H28FNO5S. The van der Waals surface area contributed by atoms with Crippen LogP contribution in [0.2, 0.25) is 0 Å². The molecule has 8 heteroatoms. The number of carbonyl (C=O) groups is 2. The van der Waals surface area contributed by atoms with E-state index >= 15 is 0 Å². The Morgan fingerprint density at radius 2 is 1.96 bits per heavy atom. The van der Waals surface area contributed by atoms with E-state index in [4.69, 9.17) is 9.84 Å². The predicted octanol–water partition coefficient (Wildman–Crippen LogP) is 3.28. The fourth-order valence-electron chi connectivity index (χ4n) is 3.05. The van der Waals surface area contributed by atoms with Gasteiger partial charge in [-0.25, -0.2) is 4.39 Å². The minimum absolute atomic E-state index is 0.0903. The van der Waals surface area contributed by atoms with Gasteiger partial charge in [0.1, 0.15) is 18.2 Å². The fourth-order valence-corrected chi connectivity index (χ4v) is 4.29. The lowest BCUT2D eigenvalue weighted by molar-refractivity contribution is -0.137. The van der Waals surface area contributed by atoms with Crippen LogP contribution in [0, 0.1) is 5.82 Å². The number of carboxylic acids is 1. The van der Waals surface area contributed by atoms with Crippen molar-refractivity contribution < 1.29 is 28.9 Å². The highest BCUT2D eigenvalue weighted by Gasteiger charge is 2.31. The Bertz CT molecular complexity index is 628. The molecule has 0 spiro atoms. The lowest BCUT2D eigenvalue weighted by Gasteiger charge is -2.25. The minimum atomic E-state index is -0.759. The lowest BCUT2D eigenvalue weighted by Crippen LogP contribution is -2.36. The normalized spacial score (nSPS) is 17.7. The summed E-state index contributed by atoms with van der Waals surface area (Å²) in [7, 11) is 0. The average Bonchev–Trinajstić information content (AvgIpc) is 3.01. The Kier molecular flexibility index (Phi) is 9.57. The second-order valence-corrected chi connectivity index (χ2v) is 8.07. The van der Waals surface area contributed by atoms with Gasteiger partial charge in [0.05, 0.1) is 17.2 Å². The smallest absolute Gasteiger partial charge is 0.303 e. The predicted molar refractivity (Wildman–Crippen MR) is 106 cm³/mol. The summed E-state index contributed by atoms with van der Waals surface area (Å²) < 4.78 is 18.3. The number of nitrogens with zero attached hydrogens (tertiary/aromatic N) is 1. The summed E-state index contributed by atoms with van der Waals surface area (Å²) in [5.74, 6) is -0.0520. The largest absolute Gasteiger partial charge is 0.491 e. The number of ether oxygens (including phenoxy) is 1. The van der Waals surface area contributed by atoms with E-state index < -0.39 is 12.1 Å². The van der Waals surface area contributed by atoms with Gasteiger partial charge in [-0.1, -0.05) is 19.3 Å². The van der Waals surface area contributed by atoms with Gasteiger partial charge in [-0.05, 0) is 43.5 Å². The molecule has 1 aliphatic rings. The van der Waals surface area contributed by atoms with Gasteiger partial charge in [0.2, 0.25) is 5.91 Å². The molecule has 1 saturated heterocycles. The van der Waals surface area contributed by atoms with Crippen LogP contribution in [0.5, 0.6) is 5.75 Å². The summed E-state index contributed by atoms with van der Waals surface area (Å²) >= 11 is 1.62. The van der Waals surface area contributed by atoms with Gasteiger partial charge in [0, 0.05) is 13.0 Å².